The molecule has 1 aliphatic carbocycles. The summed E-state index contributed by atoms with van der Waals surface area (Å²) in [7, 11) is -2.40. The summed E-state index contributed by atoms with van der Waals surface area (Å²) in [5, 5.41) is 10.4. The molecule has 0 bridgehead atoms. The molecule has 172 valence electrons. The molecule has 0 radical (unpaired) electrons. The third-order valence-corrected chi connectivity index (χ3v) is 7.80. The Balaban J connectivity index is 1.67. The molecule has 32 heavy (non-hydrogen) atoms. The number of carbonyl (C=O) groups is 1. The monoisotopic (exact) mass is 460 g/mol. The van der Waals surface area contributed by atoms with Crippen molar-refractivity contribution in [1.82, 2.24) is 4.90 Å². The van der Waals surface area contributed by atoms with Crippen molar-refractivity contribution in [3.63, 3.8) is 0 Å². The quantitative estimate of drug-likeness (QED) is 0.711. The highest BCUT2D eigenvalue weighted by Gasteiger charge is 2.33. The van der Waals surface area contributed by atoms with Gasteiger partial charge < -0.3 is 19.5 Å². The molecule has 1 N–H and O–H groups in total. The first-order valence-corrected chi connectivity index (χ1v) is 12.2. The maximum atomic E-state index is 13.5. The molecule has 2 aromatic rings. The van der Waals surface area contributed by atoms with Crippen molar-refractivity contribution in [3.05, 3.63) is 48.5 Å². The molecular formula is C23H28N2O6S. The Morgan fingerprint density at radius 1 is 1.03 bits per heavy atom. The number of likely N-dealkylation sites (N-methyl/N-ethyl adjacent to an activating group) is 1. The normalized spacial score (nSPS) is 20.4. The molecule has 8 nitrogen and oxygen atoms in total. The van der Waals surface area contributed by atoms with Gasteiger partial charge in [-0.25, -0.2) is 8.42 Å². The van der Waals surface area contributed by atoms with Gasteiger partial charge in [-0.1, -0.05) is 31.0 Å². The Hall–Kier alpha value is -2.78. The van der Waals surface area contributed by atoms with Crippen LogP contribution in [0.4, 0.5) is 5.69 Å². The fourth-order valence-corrected chi connectivity index (χ4v) is 5.61. The van der Waals surface area contributed by atoms with Gasteiger partial charge in [-0.05, 0) is 37.1 Å². The van der Waals surface area contributed by atoms with E-state index >= 15 is 0 Å². The first-order chi connectivity index (χ1) is 15.4. The third-order valence-electron chi connectivity index (χ3n) is 6.01. The Morgan fingerprint density at radius 3 is 2.44 bits per heavy atom. The summed E-state index contributed by atoms with van der Waals surface area (Å²) in [5.74, 6) is 0.585. The smallest absolute Gasteiger partial charge is 0.264 e. The lowest BCUT2D eigenvalue weighted by atomic mass is 9.91. The number of carbonyl (C=O) groups excluding carboxylic acids is 1. The average Bonchev–Trinajstić information content (AvgIpc) is 2.82. The minimum Gasteiger partial charge on any atom is -0.486 e. The summed E-state index contributed by atoms with van der Waals surface area (Å²) in [4.78, 5) is 14.8. The summed E-state index contributed by atoms with van der Waals surface area (Å²) in [5.41, 5.74) is 0.309. The number of aliphatic hydroxyl groups excluding tert-OH is 1. The topological polar surface area (TPSA) is 96.4 Å². The fourth-order valence-electron chi connectivity index (χ4n) is 4.18. The van der Waals surface area contributed by atoms with Gasteiger partial charge in [0.2, 0.25) is 5.91 Å². The zero-order valence-corrected chi connectivity index (χ0v) is 18.8. The summed E-state index contributed by atoms with van der Waals surface area (Å²) in [6, 6.07) is 12.5. The van der Waals surface area contributed by atoms with E-state index in [1.807, 2.05) is 0 Å². The molecule has 2 aliphatic rings. The lowest BCUT2D eigenvalue weighted by molar-refractivity contribution is -0.133. The van der Waals surface area contributed by atoms with Crippen LogP contribution in [0.2, 0.25) is 0 Å². The lowest BCUT2D eigenvalue weighted by Gasteiger charge is -2.36. The second kappa shape index (κ2) is 9.38. The standard InChI is InChI=1S/C23H28N2O6S/c1-24(19-9-5-6-10-20(19)26)23(27)16-25(32(28,29)18-7-3-2-4-8-18)17-11-12-21-22(15-17)31-14-13-30-21/h2-4,7-8,11-12,15,19-20,26H,5-6,9-10,13-14,16H2,1H3. The highest BCUT2D eigenvalue weighted by Crippen LogP contribution is 2.36. The number of anilines is 1. The molecule has 0 saturated heterocycles. The largest absolute Gasteiger partial charge is 0.486 e. The second-order valence-electron chi connectivity index (χ2n) is 8.08. The SMILES string of the molecule is CN(C(=O)CN(c1ccc2c(c1)OCCO2)S(=O)(=O)c1ccccc1)C1CCCCC1O. The van der Waals surface area contributed by atoms with Crippen LogP contribution >= 0.6 is 0 Å². The molecule has 0 spiro atoms. The summed E-state index contributed by atoms with van der Waals surface area (Å²) >= 11 is 0. The van der Waals surface area contributed by atoms with E-state index in [2.05, 4.69) is 0 Å². The number of sulfonamides is 1. The molecule has 2 aromatic carbocycles. The molecule has 1 saturated carbocycles. The van der Waals surface area contributed by atoms with Gasteiger partial charge in [-0.2, -0.15) is 0 Å². The zero-order chi connectivity index (χ0) is 22.7. The van der Waals surface area contributed by atoms with Gasteiger partial charge in [0.25, 0.3) is 10.0 Å². The second-order valence-corrected chi connectivity index (χ2v) is 9.94. The number of ether oxygens (including phenoxy) is 2. The Bertz CT molecular complexity index is 1060. The van der Waals surface area contributed by atoms with Gasteiger partial charge in [-0.15, -0.1) is 0 Å². The van der Waals surface area contributed by atoms with Gasteiger partial charge in [0.15, 0.2) is 11.5 Å². The number of hydrogen-bond donors (Lipinski definition) is 1. The maximum Gasteiger partial charge on any atom is 0.264 e. The minimum absolute atomic E-state index is 0.0862. The van der Waals surface area contributed by atoms with Gasteiger partial charge in [-0.3, -0.25) is 9.10 Å². The first kappa shape index (κ1) is 22.4. The Morgan fingerprint density at radius 2 is 1.72 bits per heavy atom. The van der Waals surface area contributed by atoms with E-state index in [0.29, 0.717) is 43.2 Å². The fraction of sp³-hybridized carbons (Fsp3) is 0.435. The Kier molecular flexibility index (Phi) is 6.57. The third kappa shape index (κ3) is 4.54. The molecule has 1 amide bonds. The van der Waals surface area contributed by atoms with Crippen LogP contribution in [0.3, 0.4) is 0 Å². The van der Waals surface area contributed by atoms with E-state index in [1.165, 1.54) is 17.0 Å². The van der Waals surface area contributed by atoms with Crippen molar-refractivity contribution in [3.8, 4) is 11.5 Å². The van der Waals surface area contributed by atoms with Gasteiger partial charge >= 0.3 is 0 Å². The van der Waals surface area contributed by atoms with Crippen LogP contribution in [0.15, 0.2) is 53.4 Å². The van der Waals surface area contributed by atoms with Crippen molar-refractivity contribution in [2.24, 2.45) is 0 Å². The van der Waals surface area contributed by atoms with Crippen molar-refractivity contribution in [2.75, 3.05) is 31.1 Å². The summed E-state index contributed by atoms with van der Waals surface area (Å²) < 4.78 is 39.3. The summed E-state index contributed by atoms with van der Waals surface area (Å²) in [6.07, 6.45) is 2.57. The van der Waals surface area contributed by atoms with Crippen molar-refractivity contribution in [1.29, 1.82) is 0 Å². The van der Waals surface area contributed by atoms with Crippen molar-refractivity contribution in [2.45, 2.75) is 42.7 Å². The maximum absolute atomic E-state index is 13.5. The van der Waals surface area contributed by atoms with Crippen LogP contribution < -0.4 is 13.8 Å². The van der Waals surface area contributed by atoms with E-state index in [1.54, 1.807) is 43.4 Å². The molecule has 2 atom stereocenters. The van der Waals surface area contributed by atoms with Crippen LogP contribution in [0.1, 0.15) is 25.7 Å². The summed E-state index contributed by atoms with van der Waals surface area (Å²) in [6.45, 7) is 0.394. The number of nitrogens with zero attached hydrogens (tertiary/aromatic N) is 2. The molecule has 4 rings (SSSR count). The number of hydrogen-bond acceptors (Lipinski definition) is 6. The Labute approximate surface area is 188 Å². The number of rotatable bonds is 6. The number of aliphatic hydroxyl groups is 1. The van der Waals surface area contributed by atoms with E-state index in [9.17, 15) is 18.3 Å². The molecular weight excluding hydrogens is 432 g/mol. The predicted molar refractivity (Wildman–Crippen MR) is 119 cm³/mol. The van der Waals surface area contributed by atoms with E-state index < -0.39 is 22.7 Å². The number of fused-ring (bicyclic) bond motifs is 1. The zero-order valence-electron chi connectivity index (χ0n) is 18.0. The molecule has 9 heteroatoms. The van der Waals surface area contributed by atoms with E-state index in [-0.39, 0.29) is 16.8 Å². The van der Waals surface area contributed by atoms with Crippen molar-refractivity contribution < 1.29 is 27.8 Å². The highest BCUT2D eigenvalue weighted by atomic mass is 32.2. The average molecular weight is 461 g/mol. The van der Waals surface area contributed by atoms with E-state index in [0.717, 1.165) is 17.1 Å². The van der Waals surface area contributed by atoms with Crippen molar-refractivity contribution >= 4 is 21.6 Å². The molecule has 1 fully saturated rings. The molecule has 0 aromatic heterocycles. The predicted octanol–water partition coefficient (Wildman–Crippen LogP) is 2.42. The van der Waals surface area contributed by atoms with Crippen LogP contribution in [-0.4, -0.2) is 63.3 Å². The van der Waals surface area contributed by atoms with Crippen LogP contribution in [0, 0.1) is 0 Å². The lowest BCUT2D eigenvalue weighted by Crippen LogP contribution is -2.50. The molecule has 1 heterocycles. The first-order valence-electron chi connectivity index (χ1n) is 10.8. The van der Waals surface area contributed by atoms with Crippen LogP contribution in [-0.2, 0) is 14.8 Å². The van der Waals surface area contributed by atoms with Gasteiger partial charge in [0.05, 0.1) is 22.7 Å². The number of amides is 1. The minimum atomic E-state index is -4.03. The van der Waals surface area contributed by atoms with E-state index in [4.69, 9.17) is 9.47 Å². The number of benzene rings is 2. The van der Waals surface area contributed by atoms with Crippen LogP contribution in [0.25, 0.3) is 0 Å². The molecule has 1 aliphatic heterocycles. The molecule has 2 unspecified atom stereocenters. The van der Waals surface area contributed by atoms with Gasteiger partial charge in [0, 0.05) is 13.1 Å². The van der Waals surface area contributed by atoms with Gasteiger partial charge in [0.1, 0.15) is 19.8 Å². The van der Waals surface area contributed by atoms with Crippen LogP contribution in [0.5, 0.6) is 11.5 Å². The highest BCUT2D eigenvalue weighted by molar-refractivity contribution is 7.92.